The normalized spacial score (nSPS) is 13.0. The minimum atomic E-state index is -1.29. The number of ketones is 1. The molecule has 0 fully saturated rings. The van der Waals surface area contributed by atoms with E-state index in [0.717, 1.165) is 18.4 Å². The number of anilines is 1. The number of nitrogens with one attached hydrogen (secondary N) is 1. The maximum absolute atomic E-state index is 13.5. The lowest BCUT2D eigenvalue weighted by molar-refractivity contribution is -0.304. The van der Waals surface area contributed by atoms with E-state index in [9.17, 15) is 19.5 Å². The van der Waals surface area contributed by atoms with Crippen LogP contribution in [0.25, 0.3) is 10.9 Å². The van der Waals surface area contributed by atoms with Crippen LogP contribution in [-0.2, 0) is 22.4 Å². The number of ether oxygens (including phenoxy) is 2. The zero-order valence-corrected chi connectivity index (χ0v) is 17.9. The van der Waals surface area contributed by atoms with E-state index in [1.807, 2.05) is 6.07 Å². The van der Waals surface area contributed by atoms with Crippen molar-refractivity contribution < 1.29 is 29.0 Å². The van der Waals surface area contributed by atoms with E-state index in [2.05, 4.69) is 4.98 Å². The van der Waals surface area contributed by atoms with Gasteiger partial charge >= 0.3 is 6.09 Å². The van der Waals surface area contributed by atoms with Crippen LogP contribution >= 0.6 is 0 Å². The summed E-state index contributed by atoms with van der Waals surface area (Å²) in [7, 11) is 1.51. The molecule has 1 aliphatic rings. The van der Waals surface area contributed by atoms with Crippen LogP contribution in [0, 0.1) is 0 Å². The molecule has 4 rings (SSSR count). The SMILES string of the molecule is CCOC(=O)N1CCCc2ccc(C(=O)c3[nH]c4ccc(OC)cc4c3CC(=O)[O-])cc21. The van der Waals surface area contributed by atoms with Crippen LogP contribution in [0.1, 0.15) is 40.5 Å². The number of aromatic amines is 1. The molecule has 166 valence electrons. The number of rotatable bonds is 6. The average molecular weight is 435 g/mol. The largest absolute Gasteiger partial charge is 0.550 e. The van der Waals surface area contributed by atoms with Crippen LogP contribution in [-0.4, -0.2) is 43.1 Å². The van der Waals surface area contributed by atoms with E-state index in [0.29, 0.717) is 40.0 Å². The summed E-state index contributed by atoms with van der Waals surface area (Å²) in [6.45, 7) is 2.51. The Hall–Kier alpha value is -3.81. The van der Waals surface area contributed by atoms with Gasteiger partial charge in [-0.15, -0.1) is 0 Å². The van der Waals surface area contributed by atoms with Gasteiger partial charge in [0, 0.05) is 35.4 Å². The molecule has 8 heteroatoms. The van der Waals surface area contributed by atoms with Crippen LogP contribution in [0.15, 0.2) is 36.4 Å². The Morgan fingerprint density at radius 2 is 1.97 bits per heavy atom. The number of carbonyl (C=O) groups is 3. The second-order valence-corrected chi connectivity index (χ2v) is 7.57. The summed E-state index contributed by atoms with van der Waals surface area (Å²) in [5.41, 5.74) is 3.08. The number of amides is 1. The number of H-pyrrole nitrogens is 1. The standard InChI is InChI=1S/C24H24N2O6/c1-3-32-24(30)26-10-4-5-14-6-7-15(11-20(14)26)23(29)22-18(13-21(27)28)17-12-16(31-2)8-9-19(17)25-22/h6-9,11-12,25H,3-5,10,13H2,1-2H3,(H,27,28)/p-1. The minimum absolute atomic E-state index is 0.177. The molecule has 0 spiro atoms. The fourth-order valence-corrected chi connectivity index (χ4v) is 4.13. The molecular weight excluding hydrogens is 412 g/mol. The molecule has 0 atom stereocenters. The van der Waals surface area contributed by atoms with Gasteiger partial charge in [0.2, 0.25) is 5.78 Å². The molecule has 1 amide bonds. The zero-order valence-electron chi connectivity index (χ0n) is 17.9. The molecule has 1 aromatic heterocycles. The molecule has 3 aromatic rings. The topological polar surface area (TPSA) is 112 Å². The summed E-state index contributed by atoms with van der Waals surface area (Å²) in [5.74, 6) is -1.11. The van der Waals surface area contributed by atoms with E-state index in [1.165, 1.54) is 12.0 Å². The van der Waals surface area contributed by atoms with Crippen LogP contribution in [0.5, 0.6) is 5.75 Å². The van der Waals surface area contributed by atoms with E-state index in [-0.39, 0.29) is 18.1 Å². The molecule has 0 aliphatic carbocycles. The van der Waals surface area contributed by atoms with Gasteiger partial charge in [-0.25, -0.2) is 4.79 Å². The molecule has 1 N–H and O–H groups in total. The fraction of sp³-hybridized carbons (Fsp3) is 0.292. The zero-order chi connectivity index (χ0) is 22.8. The highest BCUT2D eigenvalue weighted by molar-refractivity contribution is 6.13. The highest BCUT2D eigenvalue weighted by Crippen LogP contribution is 2.32. The number of hydrogen-bond donors (Lipinski definition) is 1. The van der Waals surface area contributed by atoms with Crippen molar-refractivity contribution in [3.8, 4) is 5.75 Å². The minimum Gasteiger partial charge on any atom is -0.550 e. The number of carboxylic acid groups (broad SMARTS) is 1. The smallest absolute Gasteiger partial charge is 0.414 e. The number of carbonyl (C=O) groups excluding carboxylic acids is 3. The Bertz CT molecular complexity index is 1210. The quantitative estimate of drug-likeness (QED) is 0.596. The number of aryl methyl sites for hydroxylation is 1. The third-order valence-electron chi connectivity index (χ3n) is 5.62. The van der Waals surface area contributed by atoms with Crippen molar-refractivity contribution in [3.63, 3.8) is 0 Å². The Morgan fingerprint density at radius 3 is 2.69 bits per heavy atom. The molecule has 0 unspecified atom stereocenters. The predicted octanol–water partition coefficient (Wildman–Crippen LogP) is 2.61. The van der Waals surface area contributed by atoms with Crippen molar-refractivity contribution in [3.05, 3.63) is 58.8 Å². The first kappa shape index (κ1) is 21.4. The number of hydrogen-bond acceptors (Lipinski definition) is 6. The summed E-state index contributed by atoms with van der Waals surface area (Å²) >= 11 is 0. The van der Waals surface area contributed by atoms with E-state index >= 15 is 0 Å². The fourth-order valence-electron chi connectivity index (χ4n) is 4.13. The van der Waals surface area contributed by atoms with Gasteiger partial charge in [0.25, 0.3) is 0 Å². The first-order valence-corrected chi connectivity index (χ1v) is 10.4. The number of methoxy groups -OCH3 is 1. The number of benzene rings is 2. The molecule has 1 aliphatic heterocycles. The van der Waals surface area contributed by atoms with Gasteiger partial charge < -0.3 is 24.4 Å². The van der Waals surface area contributed by atoms with Crippen LogP contribution < -0.4 is 14.7 Å². The highest BCUT2D eigenvalue weighted by atomic mass is 16.6. The predicted molar refractivity (Wildman–Crippen MR) is 116 cm³/mol. The van der Waals surface area contributed by atoms with Crippen LogP contribution in [0.3, 0.4) is 0 Å². The van der Waals surface area contributed by atoms with Gasteiger partial charge in [0.15, 0.2) is 0 Å². The first-order valence-electron chi connectivity index (χ1n) is 10.4. The highest BCUT2D eigenvalue weighted by Gasteiger charge is 2.26. The Balaban J connectivity index is 1.79. The summed E-state index contributed by atoms with van der Waals surface area (Å²) in [4.78, 5) is 41.9. The molecule has 0 saturated heterocycles. The van der Waals surface area contributed by atoms with Gasteiger partial charge in [-0.1, -0.05) is 12.1 Å². The summed E-state index contributed by atoms with van der Waals surface area (Å²) in [6.07, 6.45) is 0.725. The summed E-state index contributed by atoms with van der Waals surface area (Å²) in [6, 6.07) is 10.4. The lowest BCUT2D eigenvalue weighted by Crippen LogP contribution is -2.36. The second-order valence-electron chi connectivity index (χ2n) is 7.57. The van der Waals surface area contributed by atoms with Crippen molar-refractivity contribution in [1.82, 2.24) is 4.98 Å². The second kappa shape index (κ2) is 8.74. The van der Waals surface area contributed by atoms with Gasteiger partial charge in [-0.3, -0.25) is 9.69 Å². The maximum atomic E-state index is 13.5. The number of aliphatic carboxylic acids is 1. The van der Waals surface area contributed by atoms with E-state index in [4.69, 9.17) is 9.47 Å². The monoisotopic (exact) mass is 435 g/mol. The van der Waals surface area contributed by atoms with Crippen molar-refractivity contribution in [1.29, 1.82) is 0 Å². The van der Waals surface area contributed by atoms with Crippen molar-refractivity contribution in [2.75, 3.05) is 25.2 Å². The summed E-state index contributed by atoms with van der Waals surface area (Å²) < 4.78 is 10.4. The molecular formula is C24H23N2O6-. The van der Waals surface area contributed by atoms with Gasteiger partial charge in [-0.2, -0.15) is 0 Å². The molecule has 0 bridgehead atoms. The van der Waals surface area contributed by atoms with E-state index < -0.39 is 18.5 Å². The van der Waals surface area contributed by atoms with Crippen molar-refractivity contribution >= 4 is 34.4 Å². The van der Waals surface area contributed by atoms with Gasteiger partial charge in [0.05, 0.1) is 25.1 Å². The van der Waals surface area contributed by atoms with Crippen molar-refractivity contribution in [2.45, 2.75) is 26.2 Å². The third kappa shape index (κ3) is 3.91. The third-order valence-corrected chi connectivity index (χ3v) is 5.62. The lowest BCUT2D eigenvalue weighted by Gasteiger charge is -2.29. The molecule has 0 saturated carbocycles. The van der Waals surface area contributed by atoms with Crippen LogP contribution in [0.4, 0.5) is 10.5 Å². The number of aromatic nitrogens is 1. The molecule has 2 heterocycles. The summed E-state index contributed by atoms with van der Waals surface area (Å²) in [5, 5.41) is 12.0. The van der Waals surface area contributed by atoms with Gasteiger partial charge in [-0.05, 0) is 55.2 Å². The Kier molecular flexibility index (Phi) is 5.85. The first-order chi connectivity index (χ1) is 15.4. The van der Waals surface area contributed by atoms with E-state index in [1.54, 1.807) is 37.3 Å². The average Bonchev–Trinajstić information content (AvgIpc) is 3.14. The Morgan fingerprint density at radius 1 is 1.16 bits per heavy atom. The number of nitrogens with zero attached hydrogens (tertiary/aromatic N) is 1. The van der Waals surface area contributed by atoms with Gasteiger partial charge in [0.1, 0.15) is 5.75 Å². The maximum Gasteiger partial charge on any atom is 0.414 e. The van der Waals surface area contributed by atoms with Crippen LogP contribution in [0.2, 0.25) is 0 Å². The van der Waals surface area contributed by atoms with Crippen molar-refractivity contribution in [2.24, 2.45) is 0 Å². The molecule has 32 heavy (non-hydrogen) atoms. The number of carboxylic acids is 1. The lowest BCUT2D eigenvalue weighted by atomic mass is 9.96. The molecule has 8 nitrogen and oxygen atoms in total. The number of fused-ring (bicyclic) bond motifs is 2. The Labute approximate surface area is 184 Å². The molecule has 0 radical (unpaired) electrons. The molecule has 2 aromatic carbocycles.